The summed E-state index contributed by atoms with van der Waals surface area (Å²) in [6, 6.07) is 0. The number of halogens is 3. The van der Waals surface area contributed by atoms with Crippen LogP contribution in [0.4, 0.5) is 13.2 Å². The topological polar surface area (TPSA) is 80.2 Å². The Labute approximate surface area is 179 Å². The van der Waals surface area contributed by atoms with Gasteiger partial charge in [-0.1, -0.05) is 13.0 Å². The number of esters is 1. The molecule has 1 spiro atoms. The molecule has 2 aliphatic heterocycles. The molecule has 2 heterocycles. The molecule has 1 N–H and O–H groups in total. The highest BCUT2D eigenvalue weighted by atomic mass is 19.4. The lowest BCUT2D eigenvalue weighted by Crippen LogP contribution is -2.48. The summed E-state index contributed by atoms with van der Waals surface area (Å²) in [5, 5.41) is 2.78. The van der Waals surface area contributed by atoms with E-state index < -0.39 is 24.0 Å². The molecule has 0 aromatic rings. The Bertz CT molecular complexity index is 796. The Kier molecular flexibility index (Phi) is 7.20. The van der Waals surface area contributed by atoms with Gasteiger partial charge in [0.15, 0.2) is 0 Å². The van der Waals surface area contributed by atoms with Gasteiger partial charge in [-0.05, 0) is 26.0 Å². The maximum atomic E-state index is 12.9. The molecule has 1 unspecified atom stereocenters. The minimum atomic E-state index is -4.68. The fraction of sp³-hybridized carbons (Fsp3) is 0.667. The molecule has 7 nitrogen and oxygen atoms in total. The Morgan fingerprint density at radius 2 is 2.10 bits per heavy atom. The number of hydrogen-bond acceptors (Lipinski definition) is 6. The smallest absolute Gasteiger partial charge is 0.450 e. The minimum Gasteiger partial charge on any atom is -0.450 e. The van der Waals surface area contributed by atoms with Crippen LogP contribution in [0.3, 0.4) is 0 Å². The number of hydrogen-bond donors (Lipinski definition) is 1. The van der Waals surface area contributed by atoms with Crippen LogP contribution in [0.1, 0.15) is 39.5 Å². The maximum absolute atomic E-state index is 12.9. The monoisotopic (exact) mass is 443 g/mol. The van der Waals surface area contributed by atoms with E-state index in [-0.39, 0.29) is 31.8 Å². The third-order valence-corrected chi connectivity index (χ3v) is 5.92. The lowest BCUT2D eigenvalue weighted by atomic mass is 9.82. The van der Waals surface area contributed by atoms with Crippen LogP contribution in [0.25, 0.3) is 0 Å². The van der Waals surface area contributed by atoms with E-state index >= 15 is 0 Å². The van der Waals surface area contributed by atoms with Crippen molar-refractivity contribution in [2.45, 2.75) is 57.6 Å². The molecule has 1 aliphatic carbocycles. The standard InChI is InChI=1S/C21H28F3N3O4/c1-3-27-11-7-20(8-12-27)17(14(2)19(29)31-20)18(28)26-10-9-25-15-5-4-6-16(13-15)30-21(22,23)24/h4-5,16H,3,6-13H2,1-2H3,(H,26,28). The Morgan fingerprint density at radius 3 is 2.74 bits per heavy atom. The first kappa shape index (κ1) is 23.5. The van der Waals surface area contributed by atoms with Crippen LogP contribution in [0.15, 0.2) is 28.3 Å². The first-order valence-corrected chi connectivity index (χ1v) is 10.5. The number of nitrogens with one attached hydrogen (secondary N) is 1. The lowest BCUT2D eigenvalue weighted by Gasteiger charge is -2.38. The molecule has 0 aromatic carbocycles. The van der Waals surface area contributed by atoms with Gasteiger partial charge in [0.05, 0.1) is 18.2 Å². The number of aliphatic imine (C=N–C) groups is 1. The molecule has 0 bridgehead atoms. The number of rotatable bonds is 6. The summed E-state index contributed by atoms with van der Waals surface area (Å²) in [6.07, 6.45) is -1.02. The highest BCUT2D eigenvalue weighted by Crippen LogP contribution is 2.41. The van der Waals surface area contributed by atoms with Gasteiger partial charge in [-0.2, -0.15) is 0 Å². The zero-order chi connectivity index (χ0) is 22.6. The molecular formula is C21H28F3N3O4. The van der Waals surface area contributed by atoms with E-state index in [1.54, 1.807) is 19.1 Å². The van der Waals surface area contributed by atoms with E-state index in [4.69, 9.17) is 4.74 Å². The average Bonchev–Trinajstić information content (AvgIpc) is 2.94. The van der Waals surface area contributed by atoms with Gasteiger partial charge in [0.2, 0.25) is 0 Å². The van der Waals surface area contributed by atoms with Crippen LogP contribution in [0.2, 0.25) is 0 Å². The van der Waals surface area contributed by atoms with Gasteiger partial charge in [-0.3, -0.25) is 14.5 Å². The highest BCUT2D eigenvalue weighted by molar-refractivity contribution is 6.07. The number of alkyl halides is 3. The van der Waals surface area contributed by atoms with Crippen molar-refractivity contribution in [2.24, 2.45) is 4.99 Å². The lowest BCUT2D eigenvalue weighted by molar-refractivity contribution is -0.341. The maximum Gasteiger partial charge on any atom is 0.522 e. The Hall–Kier alpha value is -2.20. The zero-order valence-corrected chi connectivity index (χ0v) is 17.8. The SMILES string of the molecule is CCN1CCC2(CC1)OC(=O)C(C)=C2C(=O)NCCN=C1C=CCC(OC(F)(F)F)C1. The van der Waals surface area contributed by atoms with Crippen molar-refractivity contribution in [1.82, 2.24) is 10.2 Å². The Morgan fingerprint density at radius 1 is 1.39 bits per heavy atom. The number of carbonyl (C=O) groups excluding carboxylic acids is 2. The molecule has 0 radical (unpaired) electrons. The van der Waals surface area contributed by atoms with Crippen molar-refractivity contribution >= 4 is 17.6 Å². The summed E-state index contributed by atoms with van der Waals surface area (Å²) in [7, 11) is 0. The normalized spacial score (nSPS) is 25.4. The number of amides is 1. The highest BCUT2D eigenvalue weighted by Gasteiger charge is 2.50. The van der Waals surface area contributed by atoms with Crippen molar-refractivity contribution in [3.05, 3.63) is 23.3 Å². The van der Waals surface area contributed by atoms with Crippen LogP contribution < -0.4 is 5.32 Å². The van der Waals surface area contributed by atoms with Crippen molar-refractivity contribution in [2.75, 3.05) is 32.7 Å². The third-order valence-electron chi connectivity index (χ3n) is 5.92. The predicted molar refractivity (Wildman–Crippen MR) is 107 cm³/mol. The van der Waals surface area contributed by atoms with Crippen molar-refractivity contribution in [3.8, 4) is 0 Å². The van der Waals surface area contributed by atoms with E-state index in [1.807, 2.05) is 0 Å². The summed E-state index contributed by atoms with van der Waals surface area (Å²) in [5.41, 5.74) is 0.332. The van der Waals surface area contributed by atoms with Gasteiger partial charge in [0, 0.05) is 50.2 Å². The van der Waals surface area contributed by atoms with E-state index in [0.29, 0.717) is 29.7 Å². The second-order valence-electron chi connectivity index (χ2n) is 7.97. The largest absolute Gasteiger partial charge is 0.522 e. The zero-order valence-electron chi connectivity index (χ0n) is 17.8. The van der Waals surface area contributed by atoms with Gasteiger partial charge in [-0.25, -0.2) is 4.79 Å². The first-order chi connectivity index (χ1) is 14.6. The van der Waals surface area contributed by atoms with Crippen LogP contribution in [0, 0.1) is 0 Å². The number of nitrogens with zero attached hydrogens (tertiary/aromatic N) is 2. The van der Waals surface area contributed by atoms with Crippen LogP contribution in [0.5, 0.6) is 0 Å². The number of allylic oxidation sites excluding steroid dienone is 1. The molecule has 31 heavy (non-hydrogen) atoms. The molecule has 172 valence electrons. The fourth-order valence-electron chi connectivity index (χ4n) is 4.30. The van der Waals surface area contributed by atoms with Crippen LogP contribution >= 0.6 is 0 Å². The van der Waals surface area contributed by atoms with E-state index in [1.165, 1.54) is 0 Å². The predicted octanol–water partition coefficient (Wildman–Crippen LogP) is 2.53. The van der Waals surface area contributed by atoms with Crippen LogP contribution in [-0.4, -0.2) is 73.3 Å². The summed E-state index contributed by atoms with van der Waals surface area (Å²) in [6.45, 7) is 6.47. The summed E-state index contributed by atoms with van der Waals surface area (Å²) < 4.78 is 46.9. The molecule has 1 amide bonds. The minimum absolute atomic E-state index is 0.0631. The van der Waals surface area contributed by atoms with E-state index in [2.05, 4.69) is 26.9 Å². The second-order valence-corrected chi connectivity index (χ2v) is 7.97. The Balaban J connectivity index is 1.55. The van der Waals surface area contributed by atoms with Gasteiger partial charge in [0.25, 0.3) is 5.91 Å². The number of carbonyl (C=O) groups is 2. The fourth-order valence-corrected chi connectivity index (χ4v) is 4.30. The molecule has 3 aliphatic rings. The molecular weight excluding hydrogens is 415 g/mol. The quantitative estimate of drug-likeness (QED) is 0.504. The number of ether oxygens (including phenoxy) is 2. The van der Waals surface area contributed by atoms with Gasteiger partial charge in [0.1, 0.15) is 5.60 Å². The van der Waals surface area contributed by atoms with Gasteiger partial charge in [-0.15, -0.1) is 13.2 Å². The molecule has 1 saturated heterocycles. The molecule has 1 fully saturated rings. The van der Waals surface area contributed by atoms with Gasteiger partial charge < -0.3 is 15.0 Å². The van der Waals surface area contributed by atoms with Crippen LogP contribution in [-0.2, 0) is 19.1 Å². The summed E-state index contributed by atoms with van der Waals surface area (Å²) >= 11 is 0. The van der Waals surface area contributed by atoms with Crippen molar-refractivity contribution in [3.63, 3.8) is 0 Å². The number of likely N-dealkylation sites (tertiary alicyclic amines) is 1. The first-order valence-electron chi connectivity index (χ1n) is 10.5. The molecule has 10 heteroatoms. The molecule has 3 rings (SSSR count). The molecule has 0 saturated carbocycles. The molecule has 1 atom stereocenters. The second kappa shape index (κ2) is 9.52. The van der Waals surface area contributed by atoms with Crippen molar-refractivity contribution < 1.29 is 32.2 Å². The summed E-state index contributed by atoms with van der Waals surface area (Å²) in [4.78, 5) is 31.6. The van der Waals surface area contributed by atoms with Crippen molar-refractivity contribution in [1.29, 1.82) is 0 Å². The third kappa shape index (κ3) is 5.74. The van der Waals surface area contributed by atoms with Gasteiger partial charge >= 0.3 is 12.3 Å². The van der Waals surface area contributed by atoms with E-state index in [9.17, 15) is 22.8 Å². The average molecular weight is 443 g/mol. The molecule has 0 aromatic heterocycles. The van der Waals surface area contributed by atoms with E-state index in [0.717, 1.165) is 19.6 Å². The number of piperidine rings is 1. The summed E-state index contributed by atoms with van der Waals surface area (Å²) in [5.74, 6) is -0.815.